The molecule has 0 saturated carbocycles. The van der Waals surface area contributed by atoms with Crippen molar-refractivity contribution in [2.75, 3.05) is 106 Å². The first-order valence-electron chi connectivity index (χ1n) is 22.8. The third-order valence-electron chi connectivity index (χ3n) is 8.99. The number of nitrogens with one attached hydrogen (secondary N) is 5. The van der Waals surface area contributed by atoms with Gasteiger partial charge in [-0.1, -0.05) is 64.2 Å². The van der Waals surface area contributed by atoms with Crippen LogP contribution in [-0.4, -0.2) is 152 Å². The summed E-state index contributed by atoms with van der Waals surface area (Å²) in [5, 5.41) is 13.9. The maximum atomic E-state index is 12.1. The largest absolute Gasteiger partial charge is 0.460 e. The first-order chi connectivity index (χ1) is 29.3. The molecule has 356 valence electrons. The average Bonchev–Trinajstić information content (AvgIpc) is 3.19. The van der Waals surface area contributed by atoms with E-state index in [1.54, 1.807) is 0 Å². The number of ether oxygens (including phenoxy) is 5. The van der Waals surface area contributed by atoms with E-state index in [1.807, 2.05) is 39.8 Å². The van der Waals surface area contributed by atoms with E-state index < -0.39 is 5.60 Å². The van der Waals surface area contributed by atoms with Crippen molar-refractivity contribution in [3.05, 3.63) is 0 Å². The molecule has 0 radical (unpaired) electrons. The highest BCUT2D eigenvalue weighted by Crippen LogP contribution is 2.14. The second-order valence-electron chi connectivity index (χ2n) is 16.4. The Hall–Kier alpha value is -3.38. The number of hydrogen-bond acceptors (Lipinski definition) is 12. The molecule has 0 aliphatic rings. The summed E-state index contributed by atoms with van der Waals surface area (Å²) in [6.45, 7) is 10.1. The molecule has 0 aromatic rings. The van der Waals surface area contributed by atoms with Crippen LogP contribution in [0.5, 0.6) is 0 Å². The van der Waals surface area contributed by atoms with E-state index in [1.165, 1.54) is 44.9 Å². The van der Waals surface area contributed by atoms with E-state index in [0.717, 1.165) is 38.6 Å². The highest BCUT2D eigenvalue weighted by atomic mass is 16.6. The number of likely N-dealkylation sites (N-methyl/N-ethyl adjacent to an activating group) is 1. The normalized spacial score (nSPS) is 11.3. The number of nitrogens with zero attached hydrogens (tertiary/aromatic N) is 1. The van der Waals surface area contributed by atoms with Crippen molar-refractivity contribution in [3.63, 3.8) is 0 Å². The van der Waals surface area contributed by atoms with Gasteiger partial charge in [-0.25, -0.2) is 0 Å². The highest BCUT2D eigenvalue weighted by molar-refractivity contribution is 5.78. The van der Waals surface area contributed by atoms with E-state index >= 15 is 0 Å². The van der Waals surface area contributed by atoms with E-state index in [9.17, 15) is 28.8 Å². The van der Waals surface area contributed by atoms with Crippen LogP contribution < -0.4 is 26.6 Å². The first kappa shape index (κ1) is 57.6. The van der Waals surface area contributed by atoms with Crippen LogP contribution in [-0.2, 0) is 52.5 Å². The van der Waals surface area contributed by atoms with Gasteiger partial charge >= 0.3 is 5.97 Å². The van der Waals surface area contributed by atoms with Crippen molar-refractivity contribution in [3.8, 4) is 0 Å². The number of amides is 5. The minimum Gasteiger partial charge on any atom is -0.460 e. The molecule has 17 heteroatoms. The molecule has 0 fully saturated rings. The lowest BCUT2D eigenvalue weighted by Crippen LogP contribution is -2.34. The molecule has 17 nitrogen and oxygen atoms in total. The van der Waals surface area contributed by atoms with Crippen molar-refractivity contribution >= 4 is 35.5 Å². The summed E-state index contributed by atoms with van der Waals surface area (Å²) >= 11 is 0. The molecule has 0 unspecified atom stereocenters. The minimum absolute atomic E-state index is 0.0214. The number of esters is 1. The van der Waals surface area contributed by atoms with Gasteiger partial charge in [0.25, 0.3) is 0 Å². The van der Waals surface area contributed by atoms with Crippen LogP contribution >= 0.6 is 0 Å². The first-order valence-corrected chi connectivity index (χ1v) is 22.8. The lowest BCUT2D eigenvalue weighted by Gasteiger charge is -2.19. The zero-order valence-electron chi connectivity index (χ0n) is 38.6. The van der Waals surface area contributed by atoms with Gasteiger partial charge in [0.1, 0.15) is 18.8 Å². The van der Waals surface area contributed by atoms with Gasteiger partial charge < -0.3 is 55.2 Å². The zero-order valence-corrected chi connectivity index (χ0v) is 38.6. The van der Waals surface area contributed by atoms with Crippen LogP contribution in [0.1, 0.15) is 136 Å². The van der Waals surface area contributed by atoms with Gasteiger partial charge in [0.15, 0.2) is 0 Å². The van der Waals surface area contributed by atoms with Gasteiger partial charge in [0, 0.05) is 65.0 Å². The summed E-state index contributed by atoms with van der Waals surface area (Å²) in [5.41, 5.74) is -0.401. The Morgan fingerprint density at radius 2 is 0.738 bits per heavy atom. The number of carbonyl (C=O) groups is 6. The van der Waals surface area contributed by atoms with Gasteiger partial charge in [0.05, 0.1) is 39.6 Å². The second kappa shape index (κ2) is 40.7. The molecule has 0 spiro atoms. The quantitative estimate of drug-likeness (QED) is 0.0441. The lowest BCUT2D eigenvalue weighted by molar-refractivity contribution is -0.155. The van der Waals surface area contributed by atoms with Crippen LogP contribution in [0.3, 0.4) is 0 Å². The monoisotopic (exact) mass is 873 g/mol. The summed E-state index contributed by atoms with van der Waals surface area (Å²) in [4.78, 5) is 73.4. The predicted molar refractivity (Wildman–Crippen MR) is 236 cm³/mol. The third-order valence-corrected chi connectivity index (χ3v) is 8.99. The van der Waals surface area contributed by atoms with E-state index in [0.29, 0.717) is 84.6 Å². The predicted octanol–water partition coefficient (Wildman–Crippen LogP) is 3.56. The maximum Gasteiger partial charge on any atom is 0.306 e. The second-order valence-corrected chi connectivity index (χ2v) is 16.4. The summed E-state index contributed by atoms with van der Waals surface area (Å²) in [6, 6.07) is 0. The Labute approximate surface area is 366 Å². The standard InChI is InChI=1S/C44H84N6O11/c1-44(2,3)61-43(56)23-17-15-13-11-9-7-6-8-10-12-14-16-20-38(51)45-24-18-21-39(52)46-25-19-22-40(53)48-27-30-57-32-35-60-37-42(55)49-28-31-58-33-34-59-36-41(54)47-26-29-50(4)5/h6-37H2,1-5H3,(H,45,51)(H,46,52)(H,47,54)(H,48,53)(H,49,55). The van der Waals surface area contributed by atoms with E-state index in [4.69, 9.17) is 23.7 Å². The van der Waals surface area contributed by atoms with Gasteiger partial charge in [-0.05, 0) is 60.5 Å². The fraction of sp³-hybridized carbons (Fsp3) is 0.864. The molecule has 0 heterocycles. The summed E-state index contributed by atoms with van der Waals surface area (Å²) in [6.07, 6.45) is 16.4. The molecule has 0 aliphatic heterocycles. The molecule has 0 atom stereocenters. The van der Waals surface area contributed by atoms with Crippen molar-refractivity contribution < 1.29 is 52.5 Å². The van der Waals surface area contributed by atoms with Crippen LogP contribution in [0.15, 0.2) is 0 Å². The summed E-state index contributed by atoms with van der Waals surface area (Å²) < 4.78 is 26.7. The van der Waals surface area contributed by atoms with Crippen molar-refractivity contribution in [2.24, 2.45) is 0 Å². The Morgan fingerprint density at radius 1 is 0.393 bits per heavy atom. The Balaban J connectivity index is 3.45. The molecule has 0 rings (SSSR count). The van der Waals surface area contributed by atoms with Crippen LogP contribution in [0, 0.1) is 0 Å². The van der Waals surface area contributed by atoms with Gasteiger partial charge in [-0.2, -0.15) is 0 Å². The third kappa shape index (κ3) is 46.0. The zero-order chi connectivity index (χ0) is 45.2. The van der Waals surface area contributed by atoms with E-state index in [2.05, 4.69) is 26.6 Å². The summed E-state index contributed by atoms with van der Waals surface area (Å²) in [7, 11) is 3.86. The molecule has 5 amide bonds. The smallest absolute Gasteiger partial charge is 0.306 e. The maximum absolute atomic E-state index is 12.1. The number of hydrogen-bond donors (Lipinski definition) is 5. The fourth-order valence-electron chi connectivity index (χ4n) is 5.75. The highest BCUT2D eigenvalue weighted by Gasteiger charge is 2.15. The average molecular weight is 873 g/mol. The summed E-state index contributed by atoms with van der Waals surface area (Å²) in [5.74, 6) is -0.735. The lowest BCUT2D eigenvalue weighted by atomic mass is 10.0. The van der Waals surface area contributed by atoms with Crippen LogP contribution in [0.4, 0.5) is 0 Å². The van der Waals surface area contributed by atoms with Crippen LogP contribution in [0.2, 0.25) is 0 Å². The van der Waals surface area contributed by atoms with Crippen LogP contribution in [0.25, 0.3) is 0 Å². The molecule has 61 heavy (non-hydrogen) atoms. The Morgan fingerprint density at radius 3 is 1.16 bits per heavy atom. The van der Waals surface area contributed by atoms with Gasteiger partial charge in [-0.3, -0.25) is 28.8 Å². The molecule has 0 bridgehead atoms. The molecule has 0 aromatic carbocycles. The van der Waals surface area contributed by atoms with Gasteiger partial charge in [0.2, 0.25) is 29.5 Å². The molecular weight excluding hydrogens is 789 g/mol. The minimum atomic E-state index is -0.401. The molecule has 0 aliphatic carbocycles. The molecule has 0 saturated heterocycles. The van der Waals surface area contributed by atoms with Crippen molar-refractivity contribution in [2.45, 2.75) is 142 Å². The fourth-order valence-corrected chi connectivity index (χ4v) is 5.75. The van der Waals surface area contributed by atoms with Crippen molar-refractivity contribution in [1.29, 1.82) is 0 Å². The number of carbonyl (C=O) groups excluding carboxylic acids is 6. The Bertz CT molecular complexity index is 1150. The van der Waals surface area contributed by atoms with Gasteiger partial charge in [-0.15, -0.1) is 0 Å². The Kier molecular flexibility index (Phi) is 38.4. The SMILES string of the molecule is CN(C)CCNC(=O)COCCOCCNC(=O)COCCOCCNC(=O)CCCNC(=O)CCCNC(=O)CCCCCCCCCCCCCCC(=O)OC(C)(C)C. The van der Waals surface area contributed by atoms with Crippen molar-refractivity contribution in [1.82, 2.24) is 31.5 Å². The number of unbranched alkanes of at least 4 members (excludes halogenated alkanes) is 11. The molecular formula is C44H84N6O11. The number of rotatable bonds is 42. The molecule has 0 aromatic heterocycles. The van der Waals surface area contributed by atoms with E-state index in [-0.39, 0.29) is 75.0 Å². The topological polar surface area (TPSA) is 212 Å². The molecule has 5 N–H and O–H groups in total.